The van der Waals surface area contributed by atoms with E-state index in [9.17, 15) is 9.59 Å². The van der Waals surface area contributed by atoms with Gasteiger partial charge in [0.05, 0.1) is 26.2 Å². The maximum atomic E-state index is 11.3. The minimum atomic E-state index is -0.341. The molecule has 0 rings (SSSR count). The molecule has 0 saturated heterocycles. The third kappa shape index (κ3) is 11.3. The molecule has 0 aromatic carbocycles. The molecule has 5 heteroatoms. The van der Waals surface area contributed by atoms with E-state index in [-0.39, 0.29) is 31.2 Å². The third-order valence-corrected chi connectivity index (χ3v) is 1.90. The van der Waals surface area contributed by atoms with Crippen LogP contribution in [0, 0.1) is 0 Å². The molecule has 0 bridgehead atoms. The number of carbonyl (C=O) groups excluding carboxylic acids is 2. The molecule has 17 heavy (non-hydrogen) atoms. The second-order valence-corrected chi connectivity index (χ2v) is 3.51. The smallest absolute Gasteiger partial charge is 0.306 e. The first-order valence-electron chi connectivity index (χ1n) is 6.03. The highest BCUT2D eigenvalue weighted by atomic mass is 16.5. The molecule has 0 unspecified atom stereocenters. The normalized spacial score (nSPS) is 10.2. The Bertz CT molecular complexity index is 215. The van der Waals surface area contributed by atoms with Gasteiger partial charge in [-0.15, -0.1) is 0 Å². The van der Waals surface area contributed by atoms with E-state index in [0.717, 1.165) is 6.42 Å². The average molecular weight is 246 g/mol. The van der Waals surface area contributed by atoms with Crippen LogP contribution in [-0.4, -0.2) is 44.8 Å². The second-order valence-electron chi connectivity index (χ2n) is 3.51. The Balaban J connectivity index is 3.31. The summed E-state index contributed by atoms with van der Waals surface area (Å²) in [7, 11) is 0. The summed E-state index contributed by atoms with van der Waals surface area (Å²) in [5.41, 5.74) is 0. The Morgan fingerprint density at radius 2 is 1.65 bits per heavy atom. The molecule has 0 aromatic rings. The third-order valence-electron chi connectivity index (χ3n) is 1.90. The maximum Gasteiger partial charge on any atom is 0.306 e. The lowest BCUT2D eigenvalue weighted by Crippen LogP contribution is -2.14. The van der Waals surface area contributed by atoms with Crippen molar-refractivity contribution in [2.24, 2.45) is 0 Å². The molecule has 0 heterocycles. The Hall–Kier alpha value is -0.940. The first-order valence-corrected chi connectivity index (χ1v) is 6.03. The fourth-order valence-electron chi connectivity index (χ4n) is 1.10. The fraction of sp³-hybridized carbons (Fsp3) is 0.833. The van der Waals surface area contributed by atoms with E-state index in [1.807, 2.05) is 6.92 Å². The zero-order chi connectivity index (χ0) is 12.9. The number of hydrogen-bond donors (Lipinski definition) is 0. The summed E-state index contributed by atoms with van der Waals surface area (Å²) < 4.78 is 15.0. The minimum absolute atomic E-state index is 0.0366. The fourth-order valence-corrected chi connectivity index (χ4v) is 1.10. The molecule has 0 atom stereocenters. The van der Waals surface area contributed by atoms with Gasteiger partial charge in [-0.2, -0.15) is 0 Å². The van der Waals surface area contributed by atoms with Gasteiger partial charge in [0.25, 0.3) is 0 Å². The van der Waals surface area contributed by atoms with Gasteiger partial charge in [0.1, 0.15) is 6.61 Å². The Kier molecular flexibility index (Phi) is 10.9. The molecule has 0 aliphatic rings. The zero-order valence-corrected chi connectivity index (χ0v) is 10.7. The highest BCUT2D eigenvalue weighted by molar-refractivity contribution is 5.83. The van der Waals surface area contributed by atoms with Gasteiger partial charge in [0.15, 0.2) is 5.78 Å². The van der Waals surface area contributed by atoms with Gasteiger partial charge in [-0.25, -0.2) is 0 Å². The summed E-state index contributed by atoms with van der Waals surface area (Å²) in [5.74, 6) is -0.430. The molecular formula is C12H22O5. The molecule has 0 N–H and O–H groups in total. The lowest BCUT2D eigenvalue weighted by molar-refractivity contribution is -0.144. The lowest BCUT2D eigenvalue weighted by atomic mass is 10.2. The number of esters is 1. The number of ketones is 1. The van der Waals surface area contributed by atoms with Crippen molar-refractivity contribution in [3.8, 4) is 0 Å². The second kappa shape index (κ2) is 11.5. The highest BCUT2D eigenvalue weighted by Gasteiger charge is 2.07. The van der Waals surface area contributed by atoms with Crippen LogP contribution < -0.4 is 0 Å². The highest BCUT2D eigenvalue weighted by Crippen LogP contribution is 1.95. The van der Waals surface area contributed by atoms with Crippen molar-refractivity contribution in [2.45, 2.75) is 33.1 Å². The number of carbonyl (C=O) groups is 2. The minimum Gasteiger partial charge on any atom is -0.466 e. The van der Waals surface area contributed by atoms with Crippen LogP contribution in [-0.2, 0) is 23.8 Å². The monoisotopic (exact) mass is 246 g/mol. The Morgan fingerprint density at radius 1 is 0.941 bits per heavy atom. The van der Waals surface area contributed by atoms with E-state index in [2.05, 4.69) is 0 Å². The van der Waals surface area contributed by atoms with Crippen LogP contribution >= 0.6 is 0 Å². The number of hydrogen-bond acceptors (Lipinski definition) is 5. The van der Waals surface area contributed by atoms with Crippen LogP contribution in [0.1, 0.15) is 33.1 Å². The van der Waals surface area contributed by atoms with Gasteiger partial charge in [-0.05, 0) is 13.3 Å². The van der Waals surface area contributed by atoms with Crippen LogP contribution in [0.3, 0.4) is 0 Å². The molecule has 0 radical (unpaired) electrons. The van der Waals surface area contributed by atoms with E-state index in [4.69, 9.17) is 14.2 Å². The molecule has 0 aromatic heterocycles. The van der Waals surface area contributed by atoms with E-state index < -0.39 is 0 Å². The first kappa shape index (κ1) is 16.1. The van der Waals surface area contributed by atoms with Crippen LogP contribution in [0.15, 0.2) is 0 Å². The summed E-state index contributed by atoms with van der Waals surface area (Å²) in [6.07, 6.45) is 1.27. The Morgan fingerprint density at radius 3 is 2.29 bits per heavy atom. The lowest BCUT2D eigenvalue weighted by Gasteiger charge is -2.04. The van der Waals surface area contributed by atoms with Crippen LogP contribution in [0.5, 0.6) is 0 Å². The number of Topliss-reactive ketones (excluding diaryl/α,β-unsaturated/α-hetero) is 1. The van der Waals surface area contributed by atoms with E-state index in [0.29, 0.717) is 26.4 Å². The summed E-state index contributed by atoms with van der Waals surface area (Å²) in [4.78, 5) is 22.2. The van der Waals surface area contributed by atoms with Crippen molar-refractivity contribution in [3.05, 3.63) is 0 Å². The van der Waals surface area contributed by atoms with Crippen LogP contribution in [0.4, 0.5) is 0 Å². The van der Waals surface area contributed by atoms with Crippen molar-refractivity contribution in [1.29, 1.82) is 0 Å². The molecule has 0 amide bonds. The molecule has 0 aliphatic carbocycles. The maximum absolute atomic E-state index is 11.3. The van der Waals surface area contributed by atoms with Crippen molar-refractivity contribution in [1.82, 2.24) is 0 Å². The topological polar surface area (TPSA) is 61.8 Å². The summed E-state index contributed by atoms with van der Waals surface area (Å²) in [5, 5.41) is 0. The molecule has 0 spiro atoms. The van der Waals surface area contributed by atoms with Crippen molar-refractivity contribution in [3.63, 3.8) is 0 Å². The van der Waals surface area contributed by atoms with E-state index >= 15 is 0 Å². The van der Waals surface area contributed by atoms with Gasteiger partial charge < -0.3 is 14.2 Å². The summed E-state index contributed by atoms with van der Waals surface area (Å²) >= 11 is 0. The van der Waals surface area contributed by atoms with Crippen molar-refractivity contribution < 1.29 is 23.8 Å². The number of rotatable bonds is 11. The Labute approximate surface area is 102 Å². The zero-order valence-electron chi connectivity index (χ0n) is 10.7. The predicted octanol–water partition coefficient (Wildman–Crippen LogP) is 1.34. The average Bonchev–Trinajstić information content (AvgIpc) is 2.31. The standard InChI is InChI=1S/C12H22O5/c1-3-7-15-8-9-16-10-11(13)5-6-12(14)17-4-2/h3-10H2,1-2H3. The van der Waals surface area contributed by atoms with Crippen molar-refractivity contribution >= 4 is 11.8 Å². The van der Waals surface area contributed by atoms with Crippen LogP contribution in [0.25, 0.3) is 0 Å². The van der Waals surface area contributed by atoms with E-state index in [1.165, 1.54) is 0 Å². The molecule has 0 aliphatic heterocycles. The predicted molar refractivity (Wildman–Crippen MR) is 62.8 cm³/mol. The first-order chi connectivity index (χ1) is 8.20. The molecule has 0 fully saturated rings. The van der Waals surface area contributed by atoms with Crippen LogP contribution in [0.2, 0.25) is 0 Å². The molecule has 5 nitrogen and oxygen atoms in total. The molecule has 0 saturated carbocycles. The molecular weight excluding hydrogens is 224 g/mol. The summed E-state index contributed by atoms with van der Waals surface area (Å²) in [6, 6.07) is 0. The SMILES string of the molecule is CCCOCCOCC(=O)CCC(=O)OCC. The number of ether oxygens (including phenoxy) is 3. The van der Waals surface area contributed by atoms with Gasteiger partial charge >= 0.3 is 5.97 Å². The molecule has 100 valence electrons. The van der Waals surface area contributed by atoms with Gasteiger partial charge in [0, 0.05) is 13.0 Å². The van der Waals surface area contributed by atoms with E-state index in [1.54, 1.807) is 6.92 Å². The largest absolute Gasteiger partial charge is 0.466 e. The quantitative estimate of drug-likeness (QED) is 0.406. The van der Waals surface area contributed by atoms with Crippen molar-refractivity contribution in [2.75, 3.05) is 33.0 Å². The van der Waals surface area contributed by atoms with Gasteiger partial charge in [-0.3, -0.25) is 9.59 Å². The van der Waals surface area contributed by atoms with Gasteiger partial charge in [0.2, 0.25) is 0 Å². The summed E-state index contributed by atoms with van der Waals surface area (Å²) in [6.45, 7) is 5.76. The van der Waals surface area contributed by atoms with Gasteiger partial charge in [-0.1, -0.05) is 6.92 Å².